The second kappa shape index (κ2) is 19.3. The van der Waals surface area contributed by atoms with E-state index in [-0.39, 0.29) is 36.7 Å². The van der Waals surface area contributed by atoms with Crippen molar-refractivity contribution >= 4 is 23.2 Å². The number of hydrogen-bond acceptors (Lipinski definition) is 7. The summed E-state index contributed by atoms with van der Waals surface area (Å²) in [6.45, 7) is 3.38. The Morgan fingerprint density at radius 1 is 0.782 bits per heavy atom. The Balaban J connectivity index is 1.04. The number of nitrogens with one attached hydrogen (secondary N) is 2. The number of unbranched alkanes of at least 4 members (excludes halogenated alkanes) is 1. The number of nitrogens with zero attached hydrogens (tertiary/aromatic N) is 1. The zero-order valence-electron chi connectivity index (χ0n) is 31.7. The van der Waals surface area contributed by atoms with Gasteiger partial charge in [-0.3, -0.25) is 14.5 Å². The minimum Gasteiger partial charge on any atom is -0.397 e. The molecule has 5 aromatic rings. The van der Waals surface area contributed by atoms with Crippen molar-refractivity contribution in [1.82, 2.24) is 10.2 Å². The number of benzene rings is 5. The minimum absolute atomic E-state index is 0.00177. The number of aliphatic hydroxyl groups is 1. The lowest BCUT2D eigenvalue weighted by Gasteiger charge is -2.39. The number of carbonyl (C=O) groups excluding carboxylic acids is 2. The number of nitrogen functional groups attached to an aromatic ring is 1. The molecule has 9 heteroatoms. The predicted octanol–water partition coefficient (Wildman–Crippen LogP) is 8.48. The van der Waals surface area contributed by atoms with Gasteiger partial charge in [-0.25, -0.2) is 0 Å². The van der Waals surface area contributed by atoms with Crippen molar-refractivity contribution in [3.63, 3.8) is 0 Å². The normalized spacial score (nSPS) is 17.4. The van der Waals surface area contributed by atoms with Gasteiger partial charge >= 0.3 is 0 Å². The fourth-order valence-electron chi connectivity index (χ4n) is 6.88. The van der Waals surface area contributed by atoms with Crippen LogP contribution in [0.3, 0.4) is 0 Å². The molecular weight excluding hydrogens is 689 g/mol. The topological polar surface area (TPSA) is 126 Å². The number of amides is 2. The van der Waals surface area contributed by atoms with E-state index in [1.165, 1.54) is 5.56 Å². The highest BCUT2D eigenvalue weighted by atomic mass is 16.7. The van der Waals surface area contributed by atoms with Crippen LogP contribution in [0.2, 0.25) is 0 Å². The van der Waals surface area contributed by atoms with E-state index < -0.39 is 6.29 Å². The van der Waals surface area contributed by atoms with E-state index in [9.17, 15) is 14.7 Å². The summed E-state index contributed by atoms with van der Waals surface area (Å²) >= 11 is 0. The summed E-state index contributed by atoms with van der Waals surface area (Å²) in [6, 6.07) is 42.3. The van der Waals surface area contributed by atoms with Crippen LogP contribution >= 0.6 is 0 Å². The second-order valence-electron chi connectivity index (χ2n) is 14.3. The highest BCUT2D eigenvalue weighted by Crippen LogP contribution is 2.39. The molecule has 0 aliphatic carbocycles. The first-order valence-electron chi connectivity index (χ1n) is 19.1. The fourth-order valence-corrected chi connectivity index (χ4v) is 6.88. The van der Waals surface area contributed by atoms with Crippen molar-refractivity contribution in [2.45, 2.75) is 76.7 Å². The molecule has 0 saturated carbocycles. The quantitative estimate of drug-likeness (QED) is 0.0591. The lowest BCUT2D eigenvalue weighted by Crippen LogP contribution is -2.38. The van der Waals surface area contributed by atoms with Gasteiger partial charge in [-0.15, -0.1) is 0 Å². The first kappa shape index (κ1) is 39.4. The molecule has 1 heterocycles. The minimum atomic E-state index is -0.547. The number of ether oxygens (including phenoxy) is 2. The number of para-hydroxylation sites is 2. The zero-order chi connectivity index (χ0) is 38.6. The summed E-state index contributed by atoms with van der Waals surface area (Å²) in [5, 5.41) is 15.4. The number of rotatable bonds is 16. The molecule has 286 valence electrons. The van der Waals surface area contributed by atoms with Crippen LogP contribution in [0.4, 0.5) is 11.4 Å². The van der Waals surface area contributed by atoms with Crippen LogP contribution in [-0.2, 0) is 32.2 Å². The maximum Gasteiger partial charge on any atom is 0.224 e. The predicted molar refractivity (Wildman–Crippen MR) is 218 cm³/mol. The third-order valence-electron chi connectivity index (χ3n) is 10.3. The first-order valence-corrected chi connectivity index (χ1v) is 19.1. The van der Waals surface area contributed by atoms with Crippen LogP contribution in [0.15, 0.2) is 127 Å². The van der Waals surface area contributed by atoms with E-state index in [1.54, 1.807) is 12.1 Å². The van der Waals surface area contributed by atoms with Crippen LogP contribution in [0.5, 0.6) is 0 Å². The van der Waals surface area contributed by atoms with Gasteiger partial charge in [0.1, 0.15) is 0 Å². The molecule has 0 aromatic heterocycles. The summed E-state index contributed by atoms with van der Waals surface area (Å²) in [5.74, 6) is -0.158. The molecule has 9 nitrogen and oxygen atoms in total. The van der Waals surface area contributed by atoms with Crippen molar-refractivity contribution in [2.75, 3.05) is 24.6 Å². The molecule has 0 spiro atoms. The summed E-state index contributed by atoms with van der Waals surface area (Å²) < 4.78 is 13.3. The average molecular weight is 741 g/mol. The molecule has 4 unspecified atom stereocenters. The van der Waals surface area contributed by atoms with Crippen LogP contribution in [0, 0.1) is 0 Å². The van der Waals surface area contributed by atoms with Crippen LogP contribution in [0.1, 0.15) is 85.3 Å². The van der Waals surface area contributed by atoms with E-state index in [1.807, 2.05) is 54.6 Å². The van der Waals surface area contributed by atoms with Gasteiger partial charge in [0.05, 0.1) is 30.2 Å². The van der Waals surface area contributed by atoms with Gasteiger partial charge < -0.3 is 30.9 Å². The van der Waals surface area contributed by atoms with E-state index in [0.29, 0.717) is 50.0 Å². The van der Waals surface area contributed by atoms with Crippen LogP contribution in [0.25, 0.3) is 11.1 Å². The van der Waals surface area contributed by atoms with Gasteiger partial charge in [0.25, 0.3) is 0 Å². The Morgan fingerprint density at radius 3 is 2.20 bits per heavy atom. The Bertz CT molecular complexity index is 1990. The Kier molecular flexibility index (Phi) is 13.8. The number of carbonyl (C=O) groups is 2. The Morgan fingerprint density at radius 2 is 1.47 bits per heavy atom. The van der Waals surface area contributed by atoms with Crippen molar-refractivity contribution in [3.05, 3.63) is 155 Å². The maximum absolute atomic E-state index is 12.6. The number of aliphatic hydroxyl groups excluding tert-OH is 1. The second-order valence-corrected chi connectivity index (χ2v) is 14.3. The van der Waals surface area contributed by atoms with E-state index >= 15 is 0 Å². The molecule has 5 N–H and O–H groups in total. The van der Waals surface area contributed by atoms with E-state index in [2.05, 4.69) is 90.2 Å². The lowest BCUT2D eigenvalue weighted by atomic mass is 9.98. The zero-order valence-corrected chi connectivity index (χ0v) is 31.7. The van der Waals surface area contributed by atoms with Crippen molar-refractivity contribution in [3.8, 4) is 11.1 Å². The number of nitrogens with two attached hydrogens (primary N) is 1. The van der Waals surface area contributed by atoms with E-state index in [0.717, 1.165) is 39.9 Å². The molecule has 6 rings (SSSR count). The molecule has 2 amide bonds. The SMILES string of the molecule is CC(c1ccccc1)N(C)CC1CC(c2ccc(CO)cc2)OC(c2ccc(-c3cccc(CNC(=O)CCCCC(=O)Nc4ccccc4N)c3)cc2)O1. The Labute approximate surface area is 324 Å². The lowest BCUT2D eigenvalue weighted by molar-refractivity contribution is -0.253. The molecule has 0 bridgehead atoms. The molecule has 4 atom stereocenters. The van der Waals surface area contributed by atoms with E-state index in [4.69, 9.17) is 15.2 Å². The van der Waals surface area contributed by atoms with Gasteiger partial charge in [-0.05, 0) is 78.4 Å². The fraction of sp³-hybridized carbons (Fsp3) is 0.304. The van der Waals surface area contributed by atoms with Crippen LogP contribution in [-0.4, -0.2) is 41.5 Å². The molecular formula is C46H52N4O5. The summed E-state index contributed by atoms with van der Waals surface area (Å²) in [4.78, 5) is 27.2. The smallest absolute Gasteiger partial charge is 0.224 e. The largest absolute Gasteiger partial charge is 0.397 e. The van der Waals surface area contributed by atoms with Gasteiger partial charge in [-0.1, -0.05) is 109 Å². The van der Waals surface area contributed by atoms with Gasteiger partial charge in [-0.2, -0.15) is 0 Å². The van der Waals surface area contributed by atoms with Gasteiger partial charge in [0.15, 0.2) is 6.29 Å². The molecule has 1 fully saturated rings. The summed E-state index contributed by atoms with van der Waals surface area (Å²) in [7, 11) is 2.14. The van der Waals surface area contributed by atoms with Crippen molar-refractivity contribution < 1.29 is 24.2 Å². The van der Waals surface area contributed by atoms with Gasteiger partial charge in [0.2, 0.25) is 11.8 Å². The van der Waals surface area contributed by atoms with Crippen LogP contribution < -0.4 is 16.4 Å². The van der Waals surface area contributed by atoms with Crippen molar-refractivity contribution in [2.24, 2.45) is 0 Å². The molecule has 5 aromatic carbocycles. The first-order chi connectivity index (χ1) is 26.7. The highest BCUT2D eigenvalue weighted by Gasteiger charge is 2.33. The molecule has 1 aliphatic rings. The molecule has 0 radical (unpaired) electrons. The number of likely N-dealkylation sites (N-methyl/N-ethyl adjacent to an activating group) is 1. The summed E-state index contributed by atoms with van der Waals surface area (Å²) in [5.41, 5.74) is 14.3. The monoisotopic (exact) mass is 740 g/mol. The average Bonchev–Trinajstić information content (AvgIpc) is 3.22. The molecule has 55 heavy (non-hydrogen) atoms. The molecule has 1 saturated heterocycles. The van der Waals surface area contributed by atoms with Gasteiger partial charge in [0, 0.05) is 44.0 Å². The third kappa shape index (κ3) is 11.1. The van der Waals surface area contributed by atoms with Crippen molar-refractivity contribution in [1.29, 1.82) is 0 Å². The highest BCUT2D eigenvalue weighted by molar-refractivity contribution is 5.93. The Hall–Kier alpha value is -5.32. The standard InChI is InChI=1S/C46H52N4O5/c1-32(35-12-4-3-5-13-35)50(2)30-40-28-43(37-21-19-33(31-51)20-22-37)55-46(54-40)38-25-23-36(24-26-38)39-14-10-11-34(27-39)29-48-44(52)17-8-9-18-45(53)49-42-16-7-6-15-41(42)47/h3-7,10-16,19-27,32,40,43,46,51H,8-9,17-18,28-31,47H2,1-2H3,(H,48,52)(H,49,53). The summed E-state index contributed by atoms with van der Waals surface area (Å²) in [6.07, 6.45) is 1.84. The number of hydrogen-bond donors (Lipinski definition) is 4. The molecule has 1 aliphatic heterocycles. The number of anilines is 2. The maximum atomic E-state index is 12.6. The third-order valence-corrected chi connectivity index (χ3v) is 10.3.